The van der Waals surface area contributed by atoms with E-state index in [1.807, 2.05) is 30.3 Å². The zero-order valence-corrected chi connectivity index (χ0v) is 15.9. The van der Waals surface area contributed by atoms with E-state index in [0.29, 0.717) is 19.4 Å². The van der Waals surface area contributed by atoms with E-state index in [1.54, 1.807) is 4.90 Å². The average molecular weight is 372 g/mol. The third-order valence-corrected chi connectivity index (χ3v) is 5.53. The topological polar surface area (TPSA) is 66.5 Å². The number of nitrogens with one attached hydrogen (secondary N) is 1. The summed E-state index contributed by atoms with van der Waals surface area (Å²) in [6.45, 7) is 2.11. The molecular weight excluding hydrogens is 348 g/mol. The molecule has 1 amide bonds. The minimum atomic E-state index is -3.32. The Labute approximate surface area is 155 Å². The number of nitrogens with zero attached hydrogens (tertiary/aromatic N) is 1. The zero-order valence-electron chi connectivity index (χ0n) is 15.1. The summed E-state index contributed by atoms with van der Waals surface area (Å²) in [6.07, 6.45) is 2.42. The fourth-order valence-electron chi connectivity index (χ4n) is 3.66. The van der Waals surface area contributed by atoms with Gasteiger partial charge in [-0.1, -0.05) is 54.6 Å². The molecule has 1 aliphatic rings. The van der Waals surface area contributed by atoms with Gasteiger partial charge in [0.05, 0.1) is 12.3 Å². The molecule has 0 unspecified atom stereocenters. The van der Waals surface area contributed by atoms with Crippen molar-refractivity contribution in [2.75, 3.05) is 12.8 Å². The van der Waals surface area contributed by atoms with Gasteiger partial charge < -0.3 is 4.90 Å². The molecule has 1 aliphatic heterocycles. The van der Waals surface area contributed by atoms with Crippen molar-refractivity contribution in [1.29, 1.82) is 0 Å². The first-order valence-corrected chi connectivity index (χ1v) is 10.6. The predicted molar refractivity (Wildman–Crippen MR) is 103 cm³/mol. The van der Waals surface area contributed by atoms with Crippen LogP contribution in [0.4, 0.5) is 0 Å². The van der Waals surface area contributed by atoms with Crippen LogP contribution in [0.2, 0.25) is 0 Å². The van der Waals surface area contributed by atoms with E-state index in [9.17, 15) is 13.2 Å². The number of amides is 1. The Morgan fingerprint density at radius 1 is 1.12 bits per heavy atom. The smallest absolute Gasteiger partial charge is 0.219 e. The van der Waals surface area contributed by atoms with E-state index < -0.39 is 10.0 Å². The van der Waals surface area contributed by atoms with E-state index in [-0.39, 0.29) is 18.0 Å². The highest BCUT2D eigenvalue weighted by Crippen LogP contribution is 2.25. The Morgan fingerprint density at radius 3 is 2.46 bits per heavy atom. The Hall–Kier alpha value is -2.18. The van der Waals surface area contributed by atoms with Crippen molar-refractivity contribution in [3.05, 3.63) is 60.2 Å². The second-order valence-corrected chi connectivity index (χ2v) is 8.62. The average Bonchev–Trinajstić information content (AvgIpc) is 2.97. The van der Waals surface area contributed by atoms with Gasteiger partial charge in [0.1, 0.15) is 0 Å². The van der Waals surface area contributed by atoms with Crippen molar-refractivity contribution in [3.8, 4) is 11.1 Å². The normalized spacial score (nSPS) is 20.3. The Morgan fingerprint density at radius 2 is 1.81 bits per heavy atom. The number of carbonyl (C=O) groups excluding carboxylic acids is 1. The van der Waals surface area contributed by atoms with E-state index in [1.165, 1.54) is 6.92 Å². The maximum atomic E-state index is 12.0. The molecule has 1 saturated heterocycles. The van der Waals surface area contributed by atoms with Crippen LogP contribution in [0.1, 0.15) is 18.9 Å². The van der Waals surface area contributed by atoms with Gasteiger partial charge in [-0.15, -0.1) is 0 Å². The third-order valence-electron chi connectivity index (χ3n) is 4.79. The monoisotopic (exact) mass is 372 g/mol. The molecular formula is C20H24N2O3S. The molecule has 1 fully saturated rings. The quantitative estimate of drug-likeness (QED) is 0.877. The molecule has 0 saturated carbocycles. The maximum absolute atomic E-state index is 12.0. The molecule has 26 heavy (non-hydrogen) atoms. The van der Waals surface area contributed by atoms with Crippen LogP contribution in [0.5, 0.6) is 0 Å². The molecule has 1 heterocycles. The predicted octanol–water partition coefficient (Wildman–Crippen LogP) is 2.43. The molecule has 2 aromatic carbocycles. The van der Waals surface area contributed by atoms with Gasteiger partial charge >= 0.3 is 0 Å². The number of rotatable bonds is 5. The van der Waals surface area contributed by atoms with Crippen LogP contribution in [0.25, 0.3) is 11.1 Å². The molecule has 0 spiro atoms. The molecule has 0 radical (unpaired) electrons. The standard InChI is InChI=1S/C20H24N2O3S/c1-15(23)22-12-11-19(21-26(2,24)25)20(22)14-16-7-6-10-18(13-16)17-8-4-3-5-9-17/h3-10,13,19-21H,11-12,14H2,1-2H3/t19-,20-/m1/s1. The van der Waals surface area contributed by atoms with Gasteiger partial charge in [0.15, 0.2) is 0 Å². The number of sulfonamides is 1. The molecule has 0 bridgehead atoms. The van der Waals surface area contributed by atoms with E-state index in [4.69, 9.17) is 0 Å². The molecule has 2 atom stereocenters. The fourth-order valence-corrected chi connectivity index (χ4v) is 4.48. The number of benzene rings is 2. The summed E-state index contributed by atoms with van der Waals surface area (Å²) >= 11 is 0. The highest BCUT2D eigenvalue weighted by Gasteiger charge is 2.37. The van der Waals surface area contributed by atoms with Crippen molar-refractivity contribution >= 4 is 15.9 Å². The summed E-state index contributed by atoms with van der Waals surface area (Å²) in [5, 5.41) is 0. The summed E-state index contributed by atoms with van der Waals surface area (Å²) in [6, 6.07) is 17.9. The summed E-state index contributed by atoms with van der Waals surface area (Å²) in [5.74, 6) is -0.0213. The lowest BCUT2D eigenvalue weighted by Gasteiger charge is -2.28. The van der Waals surface area contributed by atoms with Crippen LogP contribution in [-0.2, 0) is 21.2 Å². The molecule has 3 rings (SSSR count). The van der Waals surface area contributed by atoms with Gasteiger partial charge in [-0.2, -0.15) is 0 Å². The summed E-state index contributed by atoms with van der Waals surface area (Å²) in [5.41, 5.74) is 3.34. The van der Waals surface area contributed by atoms with Crippen molar-refractivity contribution in [3.63, 3.8) is 0 Å². The number of likely N-dealkylation sites (tertiary alicyclic amines) is 1. The minimum absolute atomic E-state index is 0.0213. The van der Waals surface area contributed by atoms with Gasteiger partial charge in [-0.3, -0.25) is 4.79 Å². The van der Waals surface area contributed by atoms with Crippen molar-refractivity contribution in [1.82, 2.24) is 9.62 Å². The third kappa shape index (κ3) is 4.51. The van der Waals surface area contributed by atoms with Crippen molar-refractivity contribution in [2.24, 2.45) is 0 Å². The van der Waals surface area contributed by atoms with Crippen LogP contribution < -0.4 is 4.72 Å². The van der Waals surface area contributed by atoms with Crippen molar-refractivity contribution in [2.45, 2.75) is 31.8 Å². The fraction of sp³-hybridized carbons (Fsp3) is 0.350. The van der Waals surface area contributed by atoms with Gasteiger partial charge in [0, 0.05) is 19.5 Å². The van der Waals surface area contributed by atoms with Gasteiger partial charge in [0.2, 0.25) is 15.9 Å². The molecule has 6 heteroatoms. The first kappa shape index (κ1) is 18.6. The molecule has 5 nitrogen and oxygen atoms in total. The number of carbonyl (C=O) groups is 1. The molecule has 0 aliphatic carbocycles. The highest BCUT2D eigenvalue weighted by molar-refractivity contribution is 7.88. The Bertz CT molecular complexity index is 881. The van der Waals surface area contributed by atoms with E-state index >= 15 is 0 Å². The van der Waals surface area contributed by atoms with Crippen LogP contribution in [0.15, 0.2) is 54.6 Å². The summed E-state index contributed by atoms with van der Waals surface area (Å²) in [7, 11) is -3.32. The molecule has 1 N–H and O–H groups in total. The van der Waals surface area contributed by atoms with Gasteiger partial charge in [0.25, 0.3) is 0 Å². The first-order chi connectivity index (χ1) is 12.3. The lowest BCUT2D eigenvalue weighted by atomic mass is 9.97. The number of hydrogen-bond acceptors (Lipinski definition) is 3. The first-order valence-electron chi connectivity index (χ1n) is 8.72. The van der Waals surface area contributed by atoms with Crippen LogP contribution in [0.3, 0.4) is 0 Å². The Balaban J connectivity index is 1.85. The Kier molecular flexibility index (Phi) is 5.44. The van der Waals surface area contributed by atoms with E-state index in [0.717, 1.165) is 22.9 Å². The van der Waals surface area contributed by atoms with E-state index in [2.05, 4.69) is 29.0 Å². The lowest BCUT2D eigenvalue weighted by molar-refractivity contribution is -0.129. The zero-order chi connectivity index (χ0) is 18.7. The molecule has 2 aromatic rings. The second-order valence-electron chi connectivity index (χ2n) is 6.84. The minimum Gasteiger partial charge on any atom is -0.338 e. The largest absolute Gasteiger partial charge is 0.338 e. The summed E-state index contributed by atoms with van der Waals surface area (Å²) < 4.78 is 26.1. The van der Waals surface area contributed by atoms with Crippen molar-refractivity contribution < 1.29 is 13.2 Å². The lowest BCUT2D eigenvalue weighted by Crippen LogP contribution is -2.47. The van der Waals surface area contributed by atoms with Crippen LogP contribution >= 0.6 is 0 Å². The van der Waals surface area contributed by atoms with Gasteiger partial charge in [-0.05, 0) is 29.5 Å². The second kappa shape index (κ2) is 7.60. The highest BCUT2D eigenvalue weighted by atomic mass is 32.2. The van der Waals surface area contributed by atoms with Gasteiger partial charge in [-0.25, -0.2) is 13.1 Å². The van der Waals surface area contributed by atoms with Crippen LogP contribution in [-0.4, -0.2) is 44.1 Å². The summed E-state index contributed by atoms with van der Waals surface area (Å²) in [4.78, 5) is 13.8. The molecule has 138 valence electrons. The molecule has 0 aromatic heterocycles. The number of hydrogen-bond donors (Lipinski definition) is 1. The van der Waals surface area contributed by atoms with Crippen LogP contribution in [0, 0.1) is 0 Å². The SMILES string of the molecule is CC(=O)N1CC[C@@H](NS(C)(=O)=O)[C@H]1Cc1cccc(-c2ccccc2)c1. The maximum Gasteiger partial charge on any atom is 0.219 e.